The van der Waals surface area contributed by atoms with E-state index in [0.717, 1.165) is 24.2 Å². The van der Waals surface area contributed by atoms with Crippen molar-refractivity contribution in [3.05, 3.63) is 69.7 Å². The first-order valence-electron chi connectivity index (χ1n) is 14.6. The van der Waals surface area contributed by atoms with E-state index in [2.05, 4.69) is 29.9 Å². The van der Waals surface area contributed by atoms with E-state index in [1.165, 1.54) is 12.3 Å². The van der Waals surface area contributed by atoms with Crippen molar-refractivity contribution in [2.45, 2.75) is 69.9 Å². The maximum atomic E-state index is 13.5. The molecule has 3 heterocycles. The van der Waals surface area contributed by atoms with Crippen molar-refractivity contribution in [2.24, 2.45) is 5.41 Å². The van der Waals surface area contributed by atoms with Gasteiger partial charge in [0.25, 0.3) is 0 Å². The minimum atomic E-state index is -1.22. The number of halogens is 2. The zero-order valence-corrected chi connectivity index (χ0v) is 27.6. The number of anilines is 2. The third kappa shape index (κ3) is 7.02. The predicted molar refractivity (Wildman–Crippen MR) is 174 cm³/mol. The number of nitrogens with zero attached hydrogens (tertiary/aromatic N) is 4. The Balaban J connectivity index is 1.25. The topological polar surface area (TPSA) is 130 Å². The molecule has 1 aliphatic heterocycles. The monoisotopic (exact) mass is 660 g/mol. The van der Waals surface area contributed by atoms with Crippen LogP contribution < -0.4 is 19.7 Å². The van der Waals surface area contributed by atoms with Gasteiger partial charge in [0.1, 0.15) is 23.1 Å². The van der Waals surface area contributed by atoms with Crippen LogP contribution in [0.15, 0.2) is 42.7 Å². The van der Waals surface area contributed by atoms with Crippen molar-refractivity contribution in [3.63, 3.8) is 0 Å². The molecule has 44 heavy (non-hydrogen) atoms. The fourth-order valence-electron chi connectivity index (χ4n) is 5.89. The highest BCUT2D eigenvalue weighted by molar-refractivity contribution is 7.84. The molecule has 1 aliphatic carbocycles. The quantitative estimate of drug-likeness (QED) is 0.265. The summed E-state index contributed by atoms with van der Waals surface area (Å²) < 4.78 is 21.0. The number of rotatable bonds is 9. The zero-order valence-electron chi connectivity index (χ0n) is 25.3. The van der Waals surface area contributed by atoms with Gasteiger partial charge in [-0.05, 0) is 75.6 Å². The lowest BCUT2D eigenvalue weighted by Crippen LogP contribution is -2.51. The molecule has 1 saturated heterocycles. The molecule has 2 fully saturated rings. The Kier molecular flexibility index (Phi) is 9.81. The molecule has 10 nitrogen and oxygen atoms in total. The lowest BCUT2D eigenvalue weighted by molar-refractivity contribution is 0.103. The van der Waals surface area contributed by atoms with E-state index in [1.54, 1.807) is 13.3 Å². The van der Waals surface area contributed by atoms with Gasteiger partial charge in [0.2, 0.25) is 5.78 Å². The van der Waals surface area contributed by atoms with Crippen molar-refractivity contribution >= 4 is 51.6 Å². The van der Waals surface area contributed by atoms with Crippen LogP contribution in [-0.4, -0.2) is 67.1 Å². The van der Waals surface area contributed by atoms with E-state index in [0.29, 0.717) is 44.1 Å². The summed E-state index contributed by atoms with van der Waals surface area (Å²) in [6.45, 7) is 7.61. The fourth-order valence-corrected chi connectivity index (χ4v) is 7.34. The molecule has 1 spiro atoms. The second kappa shape index (κ2) is 13.3. The van der Waals surface area contributed by atoms with Gasteiger partial charge in [-0.3, -0.25) is 4.79 Å². The Labute approximate surface area is 270 Å². The molecule has 0 amide bonds. The number of benzene rings is 1. The Morgan fingerprint density at radius 2 is 1.86 bits per heavy atom. The molecular weight excluding hydrogens is 623 g/mol. The first-order chi connectivity index (χ1) is 20.9. The molecule has 5 rings (SSSR count). The average molecular weight is 662 g/mol. The number of aliphatic hydroxyl groups excluding tert-OH is 1. The first kappa shape index (κ1) is 32.6. The second-order valence-electron chi connectivity index (χ2n) is 12.4. The molecule has 0 unspecified atom stereocenters. The molecule has 1 saturated carbocycles. The van der Waals surface area contributed by atoms with E-state index in [1.807, 2.05) is 45.0 Å². The molecule has 3 aromatic rings. The van der Waals surface area contributed by atoms with Crippen LogP contribution >= 0.6 is 23.2 Å². The largest absolute Gasteiger partial charge is 0.497 e. The third-order valence-corrected chi connectivity index (χ3v) is 10.7. The number of carbonyl (C=O) groups is 1. The van der Waals surface area contributed by atoms with E-state index >= 15 is 0 Å². The molecule has 1 aromatic carbocycles. The second-order valence-corrected chi connectivity index (χ2v) is 15.1. The number of hydrogen-bond acceptors (Lipinski definition) is 9. The van der Waals surface area contributed by atoms with Gasteiger partial charge in [-0.25, -0.2) is 23.9 Å². The van der Waals surface area contributed by atoms with E-state index < -0.39 is 27.6 Å². The predicted octanol–water partition coefficient (Wildman–Crippen LogP) is 5.19. The molecule has 3 atom stereocenters. The summed E-state index contributed by atoms with van der Waals surface area (Å²) in [6, 6.07) is 9.08. The number of piperidine rings is 1. The number of carbonyl (C=O) groups excluding carboxylic acids is 1. The van der Waals surface area contributed by atoms with E-state index in [-0.39, 0.29) is 32.9 Å². The van der Waals surface area contributed by atoms with Crippen molar-refractivity contribution in [2.75, 3.05) is 30.4 Å². The first-order valence-corrected chi connectivity index (χ1v) is 16.5. The van der Waals surface area contributed by atoms with E-state index in [9.17, 15) is 14.1 Å². The number of hydrogen-bond donors (Lipinski definition) is 3. The fraction of sp³-hybridized carbons (Fsp3) is 0.484. The van der Waals surface area contributed by atoms with Crippen molar-refractivity contribution in [3.8, 4) is 5.75 Å². The number of aromatic nitrogens is 3. The summed E-state index contributed by atoms with van der Waals surface area (Å²) in [5, 5.41) is 13.9. The van der Waals surface area contributed by atoms with Crippen LogP contribution in [0.4, 0.5) is 11.6 Å². The van der Waals surface area contributed by atoms with E-state index in [4.69, 9.17) is 27.9 Å². The van der Waals surface area contributed by atoms with Crippen molar-refractivity contribution in [1.29, 1.82) is 0 Å². The highest BCUT2D eigenvalue weighted by atomic mass is 35.5. The minimum absolute atomic E-state index is 0.00550. The number of nitrogens with one attached hydrogen (secondary N) is 2. The van der Waals surface area contributed by atoms with Crippen LogP contribution in [0.5, 0.6) is 5.75 Å². The number of ether oxygens (including phenoxy) is 1. The minimum Gasteiger partial charge on any atom is -0.497 e. The highest BCUT2D eigenvalue weighted by Crippen LogP contribution is 2.47. The molecule has 236 valence electrons. The Morgan fingerprint density at radius 1 is 1.16 bits per heavy atom. The van der Waals surface area contributed by atoms with Crippen molar-refractivity contribution < 1.29 is 18.8 Å². The molecule has 13 heteroatoms. The van der Waals surface area contributed by atoms with Gasteiger partial charge >= 0.3 is 0 Å². The molecule has 0 bridgehead atoms. The summed E-state index contributed by atoms with van der Waals surface area (Å²) in [6.07, 6.45) is 5.48. The van der Waals surface area contributed by atoms with Gasteiger partial charge in [-0.2, -0.15) is 0 Å². The zero-order chi connectivity index (χ0) is 31.6. The number of methoxy groups -OCH3 is 1. The summed E-state index contributed by atoms with van der Waals surface area (Å²) >= 11 is 13.1. The lowest BCUT2D eigenvalue weighted by Gasteiger charge is -2.44. The van der Waals surface area contributed by atoms with Crippen LogP contribution in [0.25, 0.3) is 0 Å². The maximum Gasteiger partial charge on any atom is 0.216 e. The Morgan fingerprint density at radius 3 is 2.50 bits per heavy atom. The Bertz CT molecular complexity index is 1530. The molecule has 2 aromatic heterocycles. The van der Waals surface area contributed by atoms with Crippen LogP contribution in [-0.2, 0) is 17.5 Å². The smallest absolute Gasteiger partial charge is 0.216 e. The van der Waals surface area contributed by atoms with Crippen LogP contribution in [0.2, 0.25) is 10.2 Å². The summed E-state index contributed by atoms with van der Waals surface area (Å²) in [5.41, 5.74) is 1.06. The SMILES string of the molecule is COc1ccc(CNc2nccc(C(=O)c3ncc(N4CCC5(CC4)C[C@H](O)C[C@H]5N[S@](=O)C(C)(C)C)nc3Cl)c2Cl)cc1. The lowest BCUT2D eigenvalue weighted by atomic mass is 9.74. The van der Waals surface area contributed by atoms with Gasteiger partial charge in [0.15, 0.2) is 5.15 Å². The highest BCUT2D eigenvalue weighted by Gasteiger charge is 2.49. The summed E-state index contributed by atoms with van der Waals surface area (Å²) in [4.78, 5) is 28.8. The maximum absolute atomic E-state index is 13.5. The van der Waals surface area contributed by atoms with Gasteiger partial charge in [0, 0.05) is 37.4 Å². The van der Waals surface area contributed by atoms with Crippen molar-refractivity contribution in [1.82, 2.24) is 19.7 Å². The number of aliphatic hydroxyl groups is 1. The normalized spacial score (nSPS) is 20.5. The standard InChI is InChI=1S/C31H38Cl2N6O4S/c1-30(2,3)44(42)38-23-15-20(40)16-31(23)10-13-39(14-11-31)24-18-35-26(28(33)37-24)27(41)22-9-12-34-29(25(22)32)36-17-19-5-7-21(43-4)8-6-19/h5-9,12,18,20,23,38,40H,10-11,13-17H2,1-4H3,(H,34,36)/t20-,23-,44-/m1/s1. The molecule has 2 aliphatic rings. The number of ketones is 1. The summed E-state index contributed by atoms with van der Waals surface area (Å²) in [7, 11) is 0.390. The van der Waals surface area contributed by atoms with Crippen LogP contribution in [0.1, 0.15) is 68.1 Å². The Hall–Kier alpha value is -2.83. The summed E-state index contributed by atoms with van der Waals surface area (Å²) in [5.74, 6) is 1.25. The number of pyridine rings is 1. The van der Waals surface area contributed by atoms with Crippen LogP contribution in [0, 0.1) is 5.41 Å². The van der Waals surface area contributed by atoms with Gasteiger partial charge < -0.3 is 20.1 Å². The van der Waals surface area contributed by atoms with Crippen LogP contribution in [0.3, 0.4) is 0 Å². The molecule has 0 radical (unpaired) electrons. The van der Waals surface area contributed by atoms with Gasteiger partial charge in [-0.15, -0.1) is 0 Å². The molecular formula is C31H38Cl2N6O4S. The average Bonchev–Trinajstić information content (AvgIpc) is 3.29. The third-order valence-electron chi connectivity index (χ3n) is 8.46. The van der Waals surface area contributed by atoms with Gasteiger partial charge in [0.05, 0.1) is 40.2 Å². The van der Waals surface area contributed by atoms with Gasteiger partial charge in [-0.1, -0.05) is 35.3 Å². The molecule has 3 N–H and O–H groups in total.